The molecule has 1 aliphatic heterocycles. The number of hydrogen-bond acceptors (Lipinski definition) is 6. The highest BCUT2D eigenvalue weighted by Gasteiger charge is 2.21. The Kier molecular flexibility index (Phi) is 5.46. The lowest BCUT2D eigenvalue weighted by atomic mass is 9.94. The Morgan fingerprint density at radius 3 is 2.37 bits per heavy atom. The van der Waals surface area contributed by atoms with E-state index in [1.54, 1.807) is 24.3 Å². The second kappa shape index (κ2) is 7.79. The summed E-state index contributed by atoms with van der Waals surface area (Å²) < 4.78 is 22.9. The fraction of sp³-hybridized carbons (Fsp3) is 0.263. The molecule has 1 unspecified atom stereocenters. The molecule has 2 aromatic carbocycles. The van der Waals surface area contributed by atoms with Crippen molar-refractivity contribution in [1.29, 1.82) is 0 Å². The average molecular weight is 384 g/mol. The normalized spacial score (nSPS) is 17.6. The monoisotopic (exact) mass is 384 g/mol. The number of hydrogen-bond donors (Lipinski definition) is 1. The third kappa shape index (κ3) is 4.85. The number of nitrogens with zero attached hydrogens (tertiary/aromatic N) is 3. The zero-order chi connectivity index (χ0) is 19.4. The smallest absolute Gasteiger partial charge is 0.240 e. The quantitative estimate of drug-likeness (QED) is 0.801. The number of carbonyl (C=O) groups excluding carboxylic acids is 1. The molecule has 140 valence electrons. The second-order valence-electron chi connectivity index (χ2n) is 6.50. The highest BCUT2D eigenvalue weighted by molar-refractivity contribution is 7.90. The molecule has 2 aromatic rings. The summed E-state index contributed by atoms with van der Waals surface area (Å²) >= 11 is 0. The van der Waals surface area contributed by atoms with Crippen molar-refractivity contribution < 1.29 is 13.2 Å². The Morgan fingerprint density at radius 1 is 1.11 bits per heavy atom. The first-order valence-corrected chi connectivity index (χ1v) is 10.4. The molecule has 1 heterocycles. The molecule has 27 heavy (non-hydrogen) atoms. The van der Waals surface area contributed by atoms with Gasteiger partial charge in [-0.2, -0.15) is 15.3 Å². The molecule has 7 nitrogen and oxygen atoms in total. The van der Waals surface area contributed by atoms with Crippen LogP contribution in [-0.4, -0.2) is 26.3 Å². The van der Waals surface area contributed by atoms with Crippen molar-refractivity contribution in [1.82, 2.24) is 5.43 Å². The average Bonchev–Trinajstić information content (AvgIpc) is 2.62. The highest BCUT2D eigenvalue weighted by atomic mass is 32.2. The maximum absolute atomic E-state index is 11.5. The molecule has 1 atom stereocenters. The van der Waals surface area contributed by atoms with E-state index < -0.39 is 9.84 Å². The van der Waals surface area contributed by atoms with Crippen LogP contribution < -0.4 is 5.43 Å². The van der Waals surface area contributed by atoms with E-state index in [4.69, 9.17) is 0 Å². The van der Waals surface area contributed by atoms with Crippen molar-refractivity contribution in [3.8, 4) is 0 Å². The minimum Gasteiger partial charge on any atom is -0.273 e. The Labute approximate surface area is 158 Å². The lowest BCUT2D eigenvalue weighted by Crippen LogP contribution is -2.31. The van der Waals surface area contributed by atoms with E-state index in [2.05, 4.69) is 20.8 Å². The molecule has 0 fully saturated rings. The zero-order valence-corrected chi connectivity index (χ0v) is 15.9. The number of sulfone groups is 1. The van der Waals surface area contributed by atoms with Crippen LogP contribution in [0.25, 0.3) is 0 Å². The maximum atomic E-state index is 11.5. The molecule has 0 saturated heterocycles. The third-order valence-corrected chi connectivity index (χ3v) is 5.34. The second-order valence-corrected chi connectivity index (χ2v) is 8.52. The lowest BCUT2D eigenvalue weighted by Gasteiger charge is -2.19. The van der Waals surface area contributed by atoms with Gasteiger partial charge in [-0.25, -0.2) is 13.8 Å². The van der Waals surface area contributed by atoms with Crippen LogP contribution in [0.5, 0.6) is 0 Å². The summed E-state index contributed by atoms with van der Waals surface area (Å²) in [7, 11) is -3.19. The van der Waals surface area contributed by atoms with Gasteiger partial charge in [0.25, 0.3) is 0 Å². The summed E-state index contributed by atoms with van der Waals surface area (Å²) in [5.74, 6) is 0.00220. The van der Waals surface area contributed by atoms with Gasteiger partial charge in [-0.1, -0.05) is 31.2 Å². The van der Waals surface area contributed by atoms with E-state index in [0.29, 0.717) is 18.7 Å². The molecule has 8 heteroatoms. The Hall–Kier alpha value is -2.87. The first-order chi connectivity index (χ1) is 12.8. The van der Waals surface area contributed by atoms with E-state index in [9.17, 15) is 13.2 Å². The first-order valence-electron chi connectivity index (χ1n) is 8.46. The van der Waals surface area contributed by atoms with Crippen molar-refractivity contribution in [3.05, 3.63) is 59.7 Å². The minimum atomic E-state index is -3.19. The fourth-order valence-corrected chi connectivity index (χ4v) is 3.37. The molecule has 1 amide bonds. The predicted octanol–water partition coefficient (Wildman–Crippen LogP) is 3.23. The van der Waals surface area contributed by atoms with E-state index in [1.807, 2.05) is 31.2 Å². The summed E-state index contributed by atoms with van der Waals surface area (Å²) in [6, 6.07) is 14.1. The zero-order valence-electron chi connectivity index (χ0n) is 15.1. The molecule has 0 aromatic heterocycles. The minimum absolute atomic E-state index is 0.0683. The number of azo groups is 1. The third-order valence-electron chi connectivity index (χ3n) is 4.21. The molecule has 0 aliphatic carbocycles. The fourth-order valence-electron chi connectivity index (χ4n) is 2.74. The topological polar surface area (TPSA) is 100 Å². The van der Waals surface area contributed by atoms with Crippen LogP contribution in [0, 0.1) is 5.92 Å². The van der Waals surface area contributed by atoms with Crippen LogP contribution in [-0.2, 0) is 21.2 Å². The van der Waals surface area contributed by atoms with Crippen LogP contribution in [0.2, 0.25) is 0 Å². The van der Waals surface area contributed by atoms with Crippen molar-refractivity contribution in [2.75, 3.05) is 6.26 Å². The van der Waals surface area contributed by atoms with Gasteiger partial charge in [0, 0.05) is 18.6 Å². The van der Waals surface area contributed by atoms with Gasteiger partial charge in [-0.05, 0) is 35.4 Å². The van der Waals surface area contributed by atoms with Crippen LogP contribution in [0.15, 0.2) is 68.8 Å². The largest absolute Gasteiger partial charge is 0.273 e. The van der Waals surface area contributed by atoms with Gasteiger partial charge < -0.3 is 0 Å². The van der Waals surface area contributed by atoms with Gasteiger partial charge in [0.1, 0.15) is 0 Å². The molecule has 0 bridgehead atoms. The van der Waals surface area contributed by atoms with E-state index in [0.717, 1.165) is 16.8 Å². The molecular weight excluding hydrogens is 364 g/mol. The number of rotatable bonds is 5. The van der Waals surface area contributed by atoms with E-state index >= 15 is 0 Å². The number of hydrazone groups is 1. The molecule has 1 N–H and O–H groups in total. The van der Waals surface area contributed by atoms with Crippen LogP contribution >= 0.6 is 0 Å². The van der Waals surface area contributed by atoms with Gasteiger partial charge in [0.05, 0.1) is 22.8 Å². The molecule has 1 aliphatic rings. The summed E-state index contributed by atoms with van der Waals surface area (Å²) in [4.78, 5) is 11.6. The van der Waals surface area contributed by atoms with Gasteiger partial charge in [0.2, 0.25) is 5.91 Å². The number of amides is 1. The molecule has 3 rings (SSSR count). The Morgan fingerprint density at radius 2 is 1.78 bits per heavy atom. The molecule has 0 saturated carbocycles. The van der Waals surface area contributed by atoms with Crippen LogP contribution in [0.1, 0.15) is 24.5 Å². The summed E-state index contributed by atoms with van der Waals surface area (Å²) in [6.07, 6.45) is 1.61. The van der Waals surface area contributed by atoms with Gasteiger partial charge in [0.15, 0.2) is 9.84 Å². The first kappa shape index (κ1) is 18.9. The number of nitrogens with one attached hydrogen (secondary N) is 1. The van der Waals surface area contributed by atoms with E-state index in [1.165, 1.54) is 6.26 Å². The SMILES string of the molecule is CC1CC(=O)NN=C1c1ccc(N=NCc2ccc(S(C)(=O)=O)cc2)cc1. The molecule has 0 radical (unpaired) electrons. The molecular formula is C19H20N4O3S. The van der Waals surface area contributed by atoms with Crippen molar-refractivity contribution in [3.63, 3.8) is 0 Å². The summed E-state index contributed by atoms with van der Waals surface area (Å²) in [5, 5.41) is 12.5. The maximum Gasteiger partial charge on any atom is 0.240 e. The van der Waals surface area contributed by atoms with E-state index in [-0.39, 0.29) is 16.7 Å². The van der Waals surface area contributed by atoms with Crippen molar-refractivity contribution in [2.45, 2.75) is 24.8 Å². The Balaban J connectivity index is 1.64. The number of carbonyl (C=O) groups is 1. The van der Waals surface area contributed by atoms with Gasteiger partial charge in [-0.3, -0.25) is 4.79 Å². The molecule has 0 spiro atoms. The summed E-state index contributed by atoms with van der Waals surface area (Å²) in [6.45, 7) is 2.34. The highest BCUT2D eigenvalue weighted by Crippen LogP contribution is 2.20. The van der Waals surface area contributed by atoms with Crippen LogP contribution in [0.3, 0.4) is 0 Å². The van der Waals surface area contributed by atoms with Crippen LogP contribution in [0.4, 0.5) is 5.69 Å². The van der Waals surface area contributed by atoms with Crippen molar-refractivity contribution in [2.24, 2.45) is 21.2 Å². The lowest BCUT2D eigenvalue weighted by molar-refractivity contribution is -0.121. The summed E-state index contributed by atoms with van der Waals surface area (Å²) in [5.41, 5.74) is 5.89. The Bertz CT molecular complexity index is 994. The predicted molar refractivity (Wildman–Crippen MR) is 103 cm³/mol. The number of benzene rings is 2. The van der Waals surface area contributed by atoms with Gasteiger partial charge in [-0.15, -0.1) is 0 Å². The standard InChI is InChI=1S/C19H20N4O3S/c1-13-11-18(24)22-23-19(13)15-5-7-16(8-6-15)21-20-12-14-3-9-17(10-4-14)27(2,25)26/h3-10,13H,11-12H2,1-2H3,(H,22,24). The van der Waals surface area contributed by atoms with Crippen molar-refractivity contribution >= 4 is 27.1 Å². The van der Waals surface area contributed by atoms with Gasteiger partial charge >= 0.3 is 0 Å².